The summed E-state index contributed by atoms with van der Waals surface area (Å²) in [5.74, 6) is 1.89. The Bertz CT molecular complexity index is 2550. The maximum Gasteiger partial charge on any atom is 0.164 e. The van der Waals surface area contributed by atoms with Gasteiger partial charge in [0.15, 0.2) is 17.5 Å². The molecule has 9 rings (SSSR count). The molecule has 2 heterocycles. The third-order valence-corrected chi connectivity index (χ3v) is 8.51. The standard InChI is InChI=1S/C41H25N3O/c1-2-10-28(11-3-1)39-42-40(32-21-22-38-36(25-32)33-14-6-7-16-37(33)45-38)44-41(43-39)34-15-8-13-27-18-20-31(24-35(27)34)30-19-17-26-9-4-5-12-29(26)23-30/h1-25H. The Morgan fingerprint density at radius 3 is 1.84 bits per heavy atom. The Balaban J connectivity index is 1.24. The van der Waals surface area contributed by atoms with Crippen molar-refractivity contribution in [1.82, 2.24) is 15.0 Å². The minimum atomic E-state index is 0.619. The molecule has 45 heavy (non-hydrogen) atoms. The average molecular weight is 576 g/mol. The summed E-state index contributed by atoms with van der Waals surface area (Å²) in [7, 11) is 0. The Kier molecular flexibility index (Phi) is 5.78. The first-order valence-corrected chi connectivity index (χ1v) is 15.0. The van der Waals surface area contributed by atoms with Crippen molar-refractivity contribution in [3.63, 3.8) is 0 Å². The van der Waals surface area contributed by atoms with E-state index in [4.69, 9.17) is 19.4 Å². The predicted molar refractivity (Wildman–Crippen MR) is 184 cm³/mol. The van der Waals surface area contributed by atoms with Crippen LogP contribution in [0.2, 0.25) is 0 Å². The molecular formula is C41H25N3O. The summed E-state index contributed by atoms with van der Waals surface area (Å²) in [4.78, 5) is 15.2. The number of fused-ring (bicyclic) bond motifs is 5. The van der Waals surface area contributed by atoms with E-state index in [-0.39, 0.29) is 0 Å². The van der Waals surface area contributed by atoms with Gasteiger partial charge in [-0.05, 0) is 69.1 Å². The zero-order valence-corrected chi connectivity index (χ0v) is 24.2. The second-order valence-corrected chi connectivity index (χ2v) is 11.3. The topological polar surface area (TPSA) is 51.8 Å². The van der Waals surface area contributed by atoms with E-state index < -0.39 is 0 Å². The molecule has 0 radical (unpaired) electrons. The van der Waals surface area contributed by atoms with Crippen molar-refractivity contribution in [1.29, 1.82) is 0 Å². The molecule has 0 saturated heterocycles. The smallest absolute Gasteiger partial charge is 0.164 e. The van der Waals surface area contributed by atoms with E-state index in [1.54, 1.807) is 0 Å². The van der Waals surface area contributed by atoms with Gasteiger partial charge < -0.3 is 4.42 Å². The quantitative estimate of drug-likeness (QED) is 0.209. The lowest BCUT2D eigenvalue weighted by Gasteiger charge is -2.12. The fourth-order valence-electron chi connectivity index (χ4n) is 6.22. The summed E-state index contributed by atoms with van der Waals surface area (Å²) in [5, 5.41) is 6.79. The van der Waals surface area contributed by atoms with E-state index in [1.807, 2.05) is 60.7 Å². The van der Waals surface area contributed by atoms with Gasteiger partial charge in [0.1, 0.15) is 11.2 Å². The minimum Gasteiger partial charge on any atom is -0.456 e. The van der Waals surface area contributed by atoms with Gasteiger partial charge in [0.2, 0.25) is 0 Å². The SMILES string of the molecule is c1ccc(-c2nc(-c3ccc4oc5ccccc5c4c3)nc(-c3cccc4ccc(-c5ccc6ccccc6c5)cc34)n2)cc1. The van der Waals surface area contributed by atoms with Crippen LogP contribution in [0.5, 0.6) is 0 Å². The molecule has 0 fully saturated rings. The fraction of sp³-hybridized carbons (Fsp3) is 0. The molecule has 0 aliphatic heterocycles. The van der Waals surface area contributed by atoms with Crippen LogP contribution < -0.4 is 0 Å². The van der Waals surface area contributed by atoms with Crippen molar-refractivity contribution >= 4 is 43.5 Å². The van der Waals surface area contributed by atoms with Crippen molar-refractivity contribution < 1.29 is 4.42 Å². The number of hydrogen-bond donors (Lipinski definition) is 0. The van der Waals surface area contributed by atoms with E-state index in [0.29, 0.717) is 17.5 Å². The van der Waals surface area contributed by atoms with Gasteiger partial charge in [0.25, 0.3) is 0 Å². The molecule has 0 saturated carbocycles. The highest BCUT2D eigenvalue weighted by atomic mass is 16.3. The third kappa shape index (κ3) is 4.43. The minimum absolute atomic E-state index is 0.619. The van der Waals surface area contributed by atoms with Crippen LogP contribution in [0.15, 0.2) is 156 Å². The van der Waals surface area contributed by atoms with E-state index in [1.165, 1.54) is 16.3 Å². The lowest BCUT2D eigenvalue weighted by molar-refractivity contribution is 0.669. The van der Waals surface area contributed by atoms with Crippen molar-refractivity contribution in [3.8, 4) is 45.3 Å². The van der Waals surface area contributed by atoms with Crippen LogP contribution in [0.1, 0.15) is 0 Å². The van der Waals surface area contributed by atoms with Gasteiger partial charge in [-0.15, -0.1) is 0 Å². The second-order valence-electron chi connectivity index (χ2n) is 11.3. The van der Waals surface area contributed by atoms with E-state index in [2.05, 4.69) is 91.0 Å². The van der Waals surface area contributed by atoms with Crippen molar-refractivity contribution in [2.45, 2.75) is 0 Å². The first-order valence-electron chi connectivity index (χ1n) is 15.0. The van der Waals surface area contributed by atoms with E-state index >= 15 is 0 Å². The van der Waals surface area contributed by atoms with Crippen LogP contribution in [-0.4, -0.2) is 15.0 Å². The molecule has 0 bridgehead atoms. The van der Waals surface area contributed by atoms with E-state index in [9.17, 15) is 0 Å². The van der Waals surface area contributed by atoms with Crippen LogP contribution in [0.4, 0.5) is 0 Å². The fourth-order valence-corrected chi connectivity index (χ4v) is 6.22. The summed E-state index contributed by atoms with van der Waals surface area (Å²) in [6, 6.07) is 52.4. The Hall–Kier alpha value is -6.13. The van der Waals surface area contributed by atoms with Crippen molar-refractivity contribution in [2.24, 2.45) is 0 Å². The summed E-state index contributed by atoms with van der Waals surface area (Å²) in [6.07, 6.45) is 0. The molecule has 0 spiro atoms. The highest BCUT2D eigenvalue weighted by Gasteiger charge is 2.16. The second kappa shape index (κ2) is 10.2. The maximum atomic E-state index is 6.10. The van der Waals surface area contributed by atoms with E-state index in [0.717, 1.165) is 55.0 Å². The van der Waals surface area contributed by atoms with Gasteiger partial charge in [-0.1, -0.05) is 115 Å². The highest BCUT2D eigenvalue weighted by molar-refractivity contribution is 6.06. The molecule has 0 unspecified atom stereocenters. The van der Waals surface area contributed by atoms with Crippen LogP contribution in [0.3, 0.4) is 0 Å². The van der Waals surface area contributed by atoms with Gasteiger partial charge in [-0.2, -0.15) is 0 Å². The molecule has 0 atom stereocenters. The molecule has 0 amide bonds. The molecule has 4 nitrogen and oxygen atoms in total. The number of para-hydroxylation sites is 1. The van der Waals surface area contributed by atoms with Crippen molar-refractivity contribution in [2.75, 3.05) is 0 Å². The van der Waals surface area contributed by atoms with Gasteiger partial charge in [-0.25, -0.2) is 15.0 Å². The first-order chi connectivity index (χ1) is 22.3. The molecule has 2 aromatic heterocycles. The molecule has 0 aliphatic rings. The summed E-state index contributed by atoms with van der Waals surface area (Å²) in [6.45, 7) is 0. The van der Waals surface area contributed by atoms with Gasteiger partial charge >= 0.3 is 0 Å². The summed E-state index contributed by atoms with van der Waals surface area (Å²) in [5.41, 5.74) is 6.84. The molecule has 4 heteroatoms. The Labute approximate surface area is 259 Å². The number of nitrogens with zero attached hydrogens (tertiary/aromatic N) is 3. The van der Waals surface area contributed by atoms with Crippen LogP contribution >= 0.6 is 0 Å². The Morgan fingerprint density at radius 2 is 0.956 bits per heavy atom. The first kappa shape index (κ1) is 25.4. The van der Waals surface area contributed by atoms with Gasteiger partial charge in [0.05, 0.1) is 0 Å². The molecule has 0 N–H and O–H groups in total. The Morgan fingerprint density at radius 1 is 0.333 bits per heavy atom. The lowest BCUT2D eigenvalue weighted by atomic mass is 9.96. The monoisotopic (exact) mass is 575 g/mol. The largest absolute Gasteiger partial charge is 0.456 e. The lowest BCUT2D eigenvalue weighted by Crippen LogP contribution is -2.00. The number of aromatic nitrogens is 3. The molecule has 7 aromatic carbocycles. The number of rotatable bonds is 4. The predicted octanol–water partition coefficient (Wildman–Crippen LogP) is 10.7. The van der Waals surface area contributed by atoms with Crippen LogP contribution in [0, 0.1) is 0 Å². The molecular weight excluding hydrogens is 550 g/mol. The number of furan rings is 1. The number of benzene rings is 7. The molecule has 210 valence electrons. The normalized spacial score (nSPS) is 11.6. The maximum absolute atomic E-state index is 6.10. The van der Waals surface area contributed by atoms with Crippen molar-refractivity contribution in [3.05, 3.63) is 152 Å². The molecule has 9 aromatic rings. The zero-order chi connectivity index (χ0) is 29.7. The highest BCUT2D eigenvalue weighted by Crippen LogP contribution is 2.35. The van der Waals surface area contributed by atoms with Crippen LogP contribution in [-0.2, 0) is 0 Å². The molecule has 0 aliphatic carbocycles. The van der Waals surface area contributed by atoms with Crippen LogP contribution in [0.25, 0.3) is 88.8 Å². The van der Waals surface area contributed by atoms with Gasteiger partial charge in [0, 0.05) is 27.5 Å². The summed E-state index contributed by atoms with van der Waals surface area (Å²) >= 11 is 0. The van der Waals surface area contributed by atoms with Gasteiger partial charge in [-0.3, -0.25) is 0 Å². The third-order valence-electron chi connectivity index (χ3n) is 8.51. The zero-order valence-electron chi connectivity index (χ0n) is 24.2. The summed E-state index contributed by atoms with van der Waals surface area (Å²) < 4.78 is 6.10. The average Bonchev–Trinajstić information content (AvgIpc) is 3.49. The number of hydrogen-bond acceptors (Lipinski definition) is 4.